The second-order valence-electron chi connectivity index (χ2n) is 11.1. The molecule has 180 valence electrons. The monoisotopic (exact) mass is 469 g/mol. The van der Waals surface area contributed by atoms with Gasteiger partial charge >= 0.3 is 0 Å². The summed E-state index contributed by atoms with van der Waals surface area (Å²) in [5, 5.41) is 27.8. The molecule has 1 N–H and O–H groups in total. The summed E-state index contributed by atoms with van der Waals surface area (Å²) in [6, 6.07) is 10.6. The number of nitrogens with one attached hydrogen (secondary N) is 1. The van der Waals surface area contributed by atoms with E-state index in [4.69, 9.17) is 4.74 Å². The number of anilines is 1. The molecule has 8 heteroatoms. The number of ether oxygens (including phenoxy) is 1. The van der Waals surface area contributed by atoms with Crippen molar-refractivity contribution in [3.63, 3.8) is 0 Å². The highest BCUT2D eigenvalue weighted by Crippen LogP contribution is 2.43. The van der Waals surface area contributed by atoms with Gasteiger partial charge in [0.05, 0.1) is 29.0 Å². The van der Waals surface area contributed by atoms with Crippen LogP contribution in [0.5, 0.6) is 0 Å². The highest BCUT2D eigenvalue weighted by Gasteiger charge is 2.45. The van der Waals surface area contributed by atoms with Gasteiger partial charge in [-0.15, -0.1) is 10.2 Å². The third-order valence-electron chi connectivity index (χ3n) is 8.72. The number of nitriles is 1. The van der Waals surface area contributed by atoms with Crippen molar-refractivity contribution in [2.24, 2.45) is 24.8 Å². The second-order valence-corrected chi connectivity index (χ2v) is 11.1. The van der Waals surface area contributed by atoms with E-state index in [2.05, 4.69) is 31.6 Å². The molecule has 0 amide bonds. The first-order valence-electron chi connectivity index (χ1n) is 13.0. The number of fused-ring (bicyclic) bond motifs is 4. The lowest BCUT2D eigenvalue weighted by molar-refractivity contribution is 0.0854. The molecule has 5 heterocycles. The van der Waals surface area contributed by atoms with Gasteiger partial charge in [0.25, 0.3) is 0 Å². The fourth-order valence-electron chi connectivity index (χ4n) is 7.16. The lowest BCUT2D eigenvalue weighted by Crippen LogP contribution is -2.33. The fraction of sp³-hybridized carbons (Fsp3) is 0.556. The second kappa shape index (κ2) is 8.28. The van der Waals surface area contributed by atoms with E-state index in [-0.39, 0.29) is 0 Å². The van der Waals surface area contributed by atoms with Gasteiger partial charge in [-0.05, 0) is 62.1 Å². The van der Waals surface area contributed by atoms with Crippen molar-refractivity contribution in [3.05, 3.63) is 36.0 Å². The number of aryl methyl sites for hydroxylation is 1. The standard InChI is InChI=1S/C27H31N7O/c1-33-12-20-6-16(2-4-24(20)32-33)25-10-17(11-28)27(31-30-25)29-22-7-18-13-34(14-19(18)8-22)15-21-9-23-3-5-26(21)35-23/h2,4,6,10,12,18-19,21-23,26H,3,5,7-9,13-15H2,1H3,(H,29,31)/t18-,19+,21-,22+,23?,26?/m1/s1. The van der Waals surface area contributed by atoms with E-state index < -0.39 is 0 Å². The number of benzene rings is 1. The van der Waals surface area contributed by atoms with Crippen molar-refractivity contribution >= 4 is 16.7 Å². The zero-order chi connectivity index (χ0) is 23.5. The first-order chi connectivity index (χ1) is 17.1. The molecule has 3 aromatic rings. The molecule has 35 heavy (non-hydrogen) atoms. The number of aromatic nitrogens is 4. The Morgan fingerprint density at radius 2 is 1.97 bits per heavy atom. The molecule has 3 saturated heterocycles. The van der Waals surface area contributed by atoms with Crippen LogP contribution in [0.2, 0.25) is 0 Å². The molecule has 4 fully saturated rings. The van der Waals surface area contributed by atoms with Gasteiger partial charge in [-0.3, -0.25) is 4.68 Å². The Labute approximate surface area is 205 Å². The summed E-state index contributed by atoms with van der Waals surface area (Å²) < 4.78 is 7.87. The van der Waals surface area contributed by atoms with Crippen LogP contribution in [-0.4, -0.2) is 62.8 Å². The molecule has 3 aliphatic heterocycles. The van der Waals surface area contributed by atoms with Crippen LogP contribution in [0.25, 0.3) is 22.2 Å². The Balaban J connectivity index is 0.999. The molecular formula is C27H31N7O. The molecule has 2 aromatic heterocycles. The number of nitrogens with zero attached hydrogens (tertiary/aromatic N) is 6. The van der Waals surface area contributed by atoms with Crippen LogP contribution in [0, 0.1) is 29.1 Å². The zero-order valence-electron chi connectivity index (χ0n) is 20.1. The Bertz CT molecular complexity index is 1300. The molecule has 6 atom stereocenters. The van der Waals surface area contributed by atoms with E-state index in [1.807, 2.05) is 37.5 Å². The highest BCUT2D eigenvalue weighted by molar-refractivity contribution is 5.83. The molecule has 4 aliphatic rings. The number of hydrogen-bond acceptors (Lipinski definition) is 7. The number of hydrogen-bond donors (Lipinski definition) is 1. The number of likely N-dealkylation sites (tertiary alicyclic amines) is 1. The number of rotatable bonds is 5. The molecule has 2 bridgehead atoms. The van der Waals surface area contributed by atoms with Gasteiger partial charge in [-0.1, -0.05) is 6.07 Å². The minimum atomic E-state index is 0.358. The van der Waals surface area contributed by atoms with Crippen molar-refractivity contribution in [3.8, 4) is 17.3 Å². The maximum Gasteiger partial charge on any atom is 0.166 e. The highest BCUT2D eigenvalue weighted by atomic mass is 16.5. The van der Waals surface area contributed by atoms with Gasteiger partial charge < -0.3 is 15.0 Å². The predicted octanol–water partition coefficient (Wildman–Crippen LogP) is 3.59. The molecule has 1 saturated carbocycles. The molecule has 2 unspecified atom stereocenters. The van der Waals surface area contributed by atoms with Crippen LogP contribution in [0.15, 0.2) is 30.5 Å². The lowest BCUT2D eigenvalue weighted by Gasteiger charge is -2.26. The molecule has 0 radical (unpaired) electrons. The summed E-state index contributed by atoms with van der Waals surface area (Å²) in [4.78, 5) is 2.69. The minimum absolute atomic E-state index is 0.358. The average molecular weight is 470 g/mol. The maximum atomic E-state index is 9.83. The molecule has 1 aliphatic carbocycles. The molecule has 1 aromatic carbocycles. The van der Waals surface area contributed by atoms with E-state index in [0.717, 1.165) is 47.1 Å². The van der Waals surface area contributed by atoms with Gasteiger partial charge in [0.1, 0.15) is 6.07 Å². The van der Waals surface area contributed by atoms with Crippen LogP contribution in [0.1, 0.15) is 37.7 Å². The maximum absolute atomic E-state index is 9.83. The third kappa shape index (κ3) is 3.87. The summed E-state index contributed by atoms with van der Waals surface area (Å²) in [6.45, 7) is 3.61. The van der Waals surface area contributed by atoms with Gasteiger partial charge in [-0.25, -0.2) is 0 Å². The van der Waals surface area contributed by atoms with Crippen molar-refractivity contribution in [2.75, 3.05) is 25.0 Å². The van der Waals surface area contributed by atoms with Gasteiger partial charge in [-0.2, -0.15) is 10.4 Å². The van der Waals surface area contributed by atoms with Crippen LogP contribution < -0.4 is 5.32 Å². The smallest absolute Gasteiger partial charge is 0.166 e. The topological polar surface area (TPSA) is 91.9 Å². The van der Waals surface area contributed by atoms with Gasteiger partial charge in [0, 0.05) is 55.8 Å². The largest absolute Gasteiger partial charge is 0.375 e. The molecule has 8 nitrogen and oxygen atoms in total. The summed E-state index contributed by atoms with van der Waals surface area (Å²) >= 11 is 0. The first kappa shape index (κ1) is 21.3. The minimum Gasteiger partial charge on any atom is -0.375 e. The van der Waals surface area contributed by atoms with Crippen LogP contribution in [0.4, 0.5) is 5.82 Å². The van der Waals surface area contributed by atoms with Crippen molar-refractivity contribution in [1.82, 2.24) is 24.9 Å². The van der Waals surface area contributed by atoms with E-state index in [1.54, 1.807) is 4.68 Å². The van der Waals surface area contributed by atoms with E-state index in [1.165, 1.54) is 38.9 Å². The third-order valence-corrected chi connectivity index (χ3v) is 8.72. The Morgan fingerprint density at radius 3 is 2.71 bits per heavy atom. The predicted molar refractivity (Wildman–Crippen MR) is 133 cm³/mol. The molecular weight excluding hydrogens is 438 g/mol. The summed E-state index contributed by atoms with van der Waals surface area (Å²) in [5.74, 6) is 2.82. The normalized spacial score (nSPS) is 31.8. The molecule has 7 rings (SSSR count). The van der Waals surface area contributed by atoms with E-state index in [0.29, 0.717) is 35.3 Å². The molecule has 0 spiro atoms. The summed E-state index contributed by atoms with van der Waals surface area (Å²) in [7, 11) is 1.91. The quantitative estimate of drug-likeness (QED) is 0.610. The SMILES string of the molecule is Cn1cc2cc(-c3cc(C#N)c(N[C@H]4C[C@@H]5CN(C[C@H]6CC7CCC6O7)C[C@@H]5C4)nn3)ccc2n1. The van der Waals surface area contributed by atoms with Crippen LogP contribution in [-0.2, 0) is 11.8 Å². The lowest BCUT2D eigenvalue weighted by atomic mass is 9.89. The summed E-state index contributed by atoms with van der Waals surface area (Å²) in [6.07, 6.45) is 9.13. The van der Waals surface area contributed by atoms with Gasteiger partial charge in [0.15, 0.2) is 5.82 Å². The first-order valence-corrected chi connectivity index (χ1v) is 13.0. The Hall–Kier alpha value is -3.02. The average Bonchev–Trinajstić information content (AvgIpc) is 3.65. The summed E-state index contributed by atoms with van der Waals surface area (Å²) in [5.41, 5.74) is 3.15. The van der Waals surface area contributed by atoms with E-state index >= 15 is 0 Å². The zero-order valence-corrected chi connectivity index (χ0v) is 20.1. The van der Waals surface area contributed by atoms with Crippen molar-refractivity contribution in [1.29, 1.82) is 5.26 Å². The Morgan fingerprint density at radius 1 is 1.11 bits per heavy atom. The fourth-order valence-corrected chi connectivity index (χ4v) is 7.16. The van der Waals surface area contributed by atoms with Crippen LogP contribution >= 0.6 is 0 Å². The van der Waals surface area contributed by atoms with Crippen LogP contribution in [0.3, 0.4) is 0 Å². The van der Waals surface area contributed by atoms with Crippen molar-refractivity contribution < 1.29 is 4.74 Å². The Kier molecular flexibility index (Phi) is 5.04. The van der Waals surface area contributed by atoms with Gasteiger partial charge in [0.2, 0.25) is 0 Å². The van der Waals surface area contributed by atoms with E-state index in [9.17, 15) is 5.26 Å². The van der Waals surface area contributed by atoms with Crippen molar-refractivity contribution in [2.45, 2.75) is 50.4 Å².